The van der Waals surface area contributed by atoms with Gasteiger partial charge in [0.2, 0.25) is 5.91 Å². The van der Waals surface area contributed by atoms with Gasteiger partial charge in [-0.05, 0) is 24.3 Å². The number of ether oxygens (including phenoxy) is 2. The zero-order chi connectivity index (χ0) is 19.4. The zero-order valence-electron chi connectivity index (χ0n) is 15.0. The minimum absolute atomic E-state index is 0.134. The van der Waals surface area contributed by atoms with Crippen LogP contribution in [0.3, 0.4) is 0 Å². The van der Waals surface area contributed by atoms with Gasteiger partial charge in [0.1, 0.15) is 23.3 Å². The molecule has 0 bridgehead atoms. The predicted octanol–water partition coefficient (Wildman–Crippen LogP) is 2.84. The lowest BCUT2D eigenvalue weighted by Gasteiger charge is -2.19. The number of carboxylic acid groups (broad SMARTS) is 1. The van der Waals surface area contributed by atoms with Crippen molar-refractivity contribution in [1.29, 1.82) is 0 Å². The van der Waals surface area contributed by atoms with Crippen molar-refractivity contribution in [2.45, 2.75) is 25.3 Å². The van der Waals surface area contributed by atoms with Crippen LogP contribution in [0, 0.1) is 0 Å². The molecule has 0 radical (unpaired) electrons. The standard InChI is InChI=1S/C19H20N2O6/c1-25-13-8-12(9-14(10-13)26-2)15-11-16(17-4-3-7-27-17)21(20-15)18(22)5-6-19(23)24/h3-4,7-10,16H,5-6,11H2,1-2H3,(H,23,24)/t16-/m0/s1. The van der Waals surface area contributed by atoms with Crippen LogP contribution in [0.15, 0.2) is 46.1 Å². The first-order valence-electron chi connectivity index (χ1n) is 8.40. The summed E-state index contributed by atoms with van der Waals surface area (Å²) in [4.78, 5) is 23.3. The minimum Gasteiger partial charge on any atom is -0.497 e. The lowest BCUT2D eigenvalue weighted by molar-refractivity contribution is -0.141. The lowest BCUT2D eigenvalue weighted by Crippen LogP contribution is -2.27. The highest BCUT2D eigenvalue weighted by Gasteiger charge is 2.35. The highest BCUT2D eigenvalue weighted by atomic mass is 16.5. The zero-order valence-corrected chi connectivity index (χ0v) is 15.0. The van der Waals surface area contributed by atoms with Crippen LogP contribution < -0.4 is 9.47 Å². The summed E-state index contributed by atoms with van der Waals surface area (Å²) >= 11 is 0. The molecule has 2 heterocycles. The average molecular weight is 372 g/mol. The summed E-state index contributed by atoms with van der Waals surface area (Å²) in [5.41, 5.74) is 1.42. The molecule has 8 heteroatoms. The number of hydrazone groups is 1. The monoisotopic (exact) mass is 372 g/mol. The van der Waals surface area contributed by atoms with Crippen molar-refractivity contribution >= 4 is 17.6 Å². The largest absolute Gasteiger partial charge is 0.497 e. The van der Waals surface area contributed by atoms with Gasteiger partial charge in [-0.25, -0.2) is 5.01 Å². The van der Waals surface area contributed by atoms with Crippen molar-refractivity contribution in [1.82, 2.24) is 5.01 Å². The van der Waals surface area contributed by atoms with E-state index in [1.54, 1.807) is 32.4 Å². The molecule has 1 amide bonds. The Labute approximate surface area is 156 Å². The molecule has 1 aliphatic heterocycles. The second-order valence-corrected chi connectivity index (χ2v) is 6.02. The predicted molar refractivity (Wildman–Crippen MR) is 95.9 cm³/mol. The Morgan fingerprint density at radius 3 is 2.48 bits per heavy atom. The van der Waals surface area contributed by atoms with Crippen molar-refractivity contribution in [2.24, 2.45) is 5.10 Å². The van der Waals surface area contributed by atoms with E-state index in [-0.39, 0.29) is 18.7 Å². The Kier molecular flexibility index (Phi) is 5.44. The van der Waals surface area contributed by atoms with E-state index in [1.165, 1.54) is 11.3 Å². The average Bonchev–Trinajstić information content (AvgIpc) is 3.34. The number of nitrogens with zero attached hydrogens (tertiary/aromatic N) is 2. The molecule has 3 rings (SSSR count). The quantitative estimate of drug-likeness (QED) is 0.802. The van der Waals surface area contributed by atoms with Crippen LogP contribution in [0.5, 0.6) is 11.5 Å². The molecule has 1 aromatic carbocycles. The van der Waals surface area contributed by atoms with Crippen molar-refractivity contribution in [3.63, 3.8) is 0 Å². The molecule has 1 N–H and O–H groups in total. The summed E-state index contributed by atoms with van der Waals surface area (Å²) in [6.07, 6.45) is 1.58. The number of hydrogen-bond acceptors (Lipinski definition) is 6. The molecule has 2 aromatic rings. The van der Waals surface area contributed by atoms with E-state index in [9.17, 15) is 9.59 Å². The number of furan rings is 1. The summed E-state index contributed by atoms with van der Waals surface area (Å²) < 4.78 is 16.1. The Balaban J connectivity index is 1.93. The fraction of sp³-hybridized carbons (Fsp3) is 0.316. The van der Waals surface area contributed by atoms with Gasteiger partial charge in [-0.3, -0.25) is 9.59 Å². The number of amides is 1. The van der Waals surface area contributed by atoms with Gasteiger partial charge in [-0.1, -0.05) is 0 Å². The Morgan fingerprint density at radius 1 is 1.22 bits per heavy atom. The van der Waals surface area contributed by atoms with Gasteiger partial charge in [0.15, 0.2) is 0 Å². The van der Waals surface area contributed by atoms with Crippen LogP contribution in [0.25, 0.3) is 0 Å². The summed E-state index contributed by atoms with van der Waals surface area (Å²) in [7, 11) is 3.12. The van der Waals surface area contributed by atoms with Crippen molar-refractivity contribution in [2.75, 3.05) is 14.2 Å². The highest BCUT2D eigenvalue weighted by Crippen LogP contribution is 2.35. The molecule has 0 saturated carbocycles. The number of rotatable bonds is 7. The topological polar surface area (TPSA) is 102 Å². The molecule has 1 atom stereocenters. The summed E-state index contributed by atoms with van der Waals surface area (Å²) in [6, 6.07) is 8.46. The van der Waals surface area contributed by atoms with Crippen LogP contribution >= 0.6 is 0 Å². The maximum Gasteiger partial charge on any atom is 0.303 e. The van der Waals surface area contributed by atoms with Gasteiger partial charge in [0, 0.05) is 24.5 Å². The molecule has 27 heavy (non-hydrogen) atoms. The highest BCUT2D eigenvalue weighted by molar-refractivity contribution is 6.03. The Hall–Kier alpha value is -3.29. The number of carbonyl (C=O) groups is 2. The number of hydrogen-bond donors (Lipinski definition) is 1. The molecule has 1 aromatic heterocycles. The van der Waals surface area contributed by atoms with Crippen LogP contribution in [0.4, 0.5) is 0 Å². The van der Waals surface area contributed by atoms with E-state index in [4.69, 9.17) is 19.0 Å². The van der Waals surface area contributed by atoms with Gasteiger partial charge in [-0.15, -0.1) is 0 Å². The summed E-state index contributed by atoms with van der Waals surface area (Å²) in [6.45, 7) is 0. The molecule has 0 aliphatic carbocycles. The third kappa shape index (κ3) is 4.11. The van der Waals surface area contributed by atoms with Crippen LogP contribution in [0.1, 0.15) is 36.6 Å². The summed E-state index contributed by atoms with van der Waals surface area (Å²) in [5, 5.41) is 14.6. The Bertz CT molecular complexity index is 837. The van der Waals surface area contributed by atoms with Gasteiger partial charge >= 0.3 is 5.97 Å². The molecule has 0 fully saturated rings. The molecule has 0 spiro atoms. The number of carboxylic acids is 1. The van der Waals surface area contributed by atoms with Gasteiger partial charge < -0.3 is 19.0 Å². The third-order valence-corrected chi connectivity index (χ3v) is 4.27. The molecule has 142 valence electrons. The van der Waals surface area contributed by atoms with Crippen LogP contribution in [-0.2, 0) is 9.59 Å². The van der Waals surface area contributed by atoms with Crippen molar-refractivity contribution < 1.29 is 28.6 Å². The second-order valence-electron chi connectivity index (χ2n) is 6.02. The first kappa shape index (κ1) is 18.5. The maximum atomic E-state index is 12.5. The Morgan fingerprint density at radius 2 is 1.93 bits per heavy atom. The van der Waals surface area contributed by atoms with Gasteiger partial charge in [0.25, 0.3) is 0 Å². The fourth-order valence-electron chi connectivity index (χ4n) is 2.92. The SMILES string of the molecule is COc1cc(OC)cc(C2=NN(C(=O)CCC(=O)O)[C@H](c3ccco3)C2)c1. The van der Waals surface area contributed by atoms with Crippen molar-refractivity contribution in [3.05, 3.63) is 47.9 Å². The number of carbonyl (C=O) groups excluding carboxylic acids is 1. The normalized spacial score (nSPS) is 16.1. The van der Waals surface area contributed by atoms with Crippen molar-refractivity contribution in [3.8, 4) is 11.5 Å². The first-order chi connectivity index (χ1) is 13.0. The smallest absolute Gasteiger partial charge is 0.303 e. The minimum atomic E-state index is -1.03. The third-order valence-electron chi connectivity index (χ3n) is 4.27. The number of methoxy groups -OCH3 is 2. The van der Waals surface area contributed by atoms with Crippen LogP contribution in [-0.4, -0.2) is 41.9 Å². The molecular weight excluding hydrogens is 352 g/mol. The molecular formula is C19H20N2O6. The van der Waals surface area contributed by atoms with Crippen LogP contribution in [0.2, 0.25) is 0 Å². The number of aliphatic carboxylic acids is 1. The summed E-state index contributed by atoms with van der Waals surface area (Å²) in [5.74, 6) is 0.407. The maximum absolute atomic E-state index is 12.5. The first-order valence-corrected chi connectivity index (χ1v) is 8.40. The molecule has 0 saturated heterocycles. The molecule has 1 aliphatic rings. The second kappa shape index (κ2) is 7.94. The van der Waals surface area contributed by atoms with Gasteiger partial charge in [0.05, 0.1) is 32.6 Å². The van der Waals surface area contributed by atoms with E-state index in [0.717, 1.165) is 5.56 Å². The fourth-order valence-corrected chi connectivity index (χ4v) is 2.92. The van der Waals surface area contributed by atoms with E-state index in [1.807, 2.05) is 12.1 Å². The lowest BCUT2D eigenvalue weighted by atomic mass is 10.0. The van der Waals surface area contributed by atoms with E-state index >= 15 is 0 Å². The van der Waals surface area contributed by atoms with E-state index < -0.39 is 12.0 Å². The molecule has 8 nitrogen and oxygen atoms in total. The van der Waals surface area contributed by atoms with E-state index in [0.29, 0.717) is 29.4 Å². The van der Waals surface area contributed by atoms with E-state index in [2.05, 4.69) is 5.10 Å². The molecule has 0 unspecified atom stereocenters. The van der Waals surface area contributed by atoms with Gasteiger partial charge in [-0.2, -0.15) is 5.10 Å². The number of benzene rings is 1.